The smallest absolute Gasteiger partial charge is 0.335 e. The second kappa shape index (κ2) is 10.1. The Morgan fingerprint density at radius 3 is 2.43 bits per heavy atom. The van der Waals surface area contributed by atoms with Crippen molar-refractivity contribution < 1.29 is 29.0 Å². The first-order valence-corrected chi connectivity index (χ1v) is 11.5. The first kappa shape index (κ1) is 24.1. The Balaban J connectivity index is 1.53. The minimum atomic E-state index is -0.992. The number of imide groups is 2. The van der Waals surface area contributed by atoms with Crippen LogP contribution in [0.25, 0.3) is 6.08 Å². The Bertz CT molecular complexity index is 1380. The van der Waals surface area contributed by atoms with Gasteiger partial charge < -0.3 is 9.84 Å². The largest absolute Gasteiger partial charge is 0.488 e. The molecule has 9 heteroatoms. The summed E-state index contributed by atoms with van der Waals surface area (Å²) in [6, 6.07) is 17.7. The molecular weight excluding hydrogens is 563 g/mol. The Morgan fingerprint density at radius 1 is 1.06 bits per heavy atom. The van der Waals surface area contributed by atoms with Crippen molar-refractivity contribution in [3.63, 3.8) is 0 Å². The number of carboxylic acids is 1. The molecule has 2 N–H and O–H groups in total. The topological polar surface area (TPSA) is 113 Å². The number of urea groups is 1. The molecule has 0 saturated carbocycles. The molecule has 176 valence electrons. The summed E-state index contributed by atoms with van der Waals surface area (Å²) in [5, 5.41) is 11.2. The molecule has 0 aliphatic carbocycles. The SMILES string of the molecule is Cc1ccccc1N1C(=O)NC(=O)/C(=C\c2ccc(OCc3ccc(C(=O)O)cc3)c(I)c2)C1=O. The van der Waals surface area contributed by atoms with Gasteiger partial charge in [0.25, 0.3) is 11.8 Å². The Hall–Kier alpha value is -3.99. The number of para-hydroxylation sites is 1. The maximum Gasteiger partial charge on any atom is 0.335 e. The van der Waals surface area contributed by atoms with Crippen molar-refractivity contribution in [2.45, 2.75) is 13.5 Å². The van der Waals surface area contributed by atoms with Crippen molar-refractivity contribution in [1.29, 1.82) is 0 Å². The summed E-state index contributed by atoms with van der Waals surface area (Å²) >= 11 is 2.09. The molecule has 1 heterocycles. The number of carboxylic acid groups (broad SMARTS) is 1. The van der Waals surface area contributed by atoms with E-state index in [4.69, 9.17) is 9.84 Å². The fraction of sp³-hybridized carbons (Fsp3) is 0.0769. The lowest BCUT2D eigenvalue weighted by atomic mass is 10.1. The van der Waals surface area contributed by atoms with Gasteiger partial charge in [-0.25, -0.2) is 14.5 Å². The summed E-state index contributed by atoms with van der Waals surface area (Å²) in [5.41, 5.74) is 2.56. The molecule has 1 aliphatic rings. The highest BCUT2D eigenvalue weighted by Gasteiger charge is 2.37. The van der Waals surface area contributed by atoms with Crippen molar-refractivity contribution in [2.24, 2.45) is 0 Å². The maximum absolute atomic E-state index is 13.1. The quantitative estimate of drug-likeness (QED) is 0.251. The van der Waals surface area contributed by atoms with E-state index in [-0.39, 0.29) is 17.7 Å². The lowest BCUT2D eigenvalue weighted by molar-refractivity contribution is -0.122. The zero-order valence-electron chi connectivity index (χ0n) is 18.4. The maximum atomic E-state index is 13.1. The van der Waals surface area contributed by atoms with E-state index in [1.165, 1.54) is 18.2 Å². The molecule has 0 bridgehead atoms. The van der Waals surface area contributed by atoms with Crippen LogP contribution in [0.1, 0.15) is 27.0 Å². The molecule has 35 heavy (non-hydrogen) atoms. The summed E-state index contributed by atoms with van der Waals surface area (Å²) in [6.07, 6.45) is 1.44. The molecule has 8 nitrogen and oxygen atoms in total. The van der Waals surface area contributed by atoms with Gasteiger partial charge in [0.15, 0.2) is 0 Å². The molecule has 1 aliphatic heterocycles. The van der Waals surface area contributed by atoms with Gasteiger partial charge in [-0.15, -0.1) is 0 Å². The average molecular weight is 582 g/mol. The Kier molecular flexibility index (Phi) is 6.97. The van der Waals surface area contributed by atoms with E-state index < -0.39 is 23.8 Å². The van der Waals surface area contributed by atoms with Gasteiger partial charge >= 0.3 is 12.0 Å². The van der Waals surface area contributed by atoms with Crippen molar-refractivity contribution in [3.05, 3.63) is 98.1 Å². The second-order valence-electron chi connectivity index (χ2n) is 7.72. The number of carbonyl (C=O) groups is 4. The number of carbonyl (C=O) groups excluding carboxylic acids is 3. The minimum absolute atomic E-state index is 0.157. The van der Waals surface area contributed by atoms with E-state index in [1.54, 1.807) is 61.5 Å². The molecule has 0 unspecified atom stereocenters. The fourth-order valence-electron chi connectivity index (χ4n) is 3.49. The molecule has 3 aromatic carbocycles. The van der Waals surface area contributed by atoms with Crippen molar-refractivity contribution in [3.8, 4) is 5.75 Å². The number of hydrogen-bond donors (Lipinski definition) is 2. The van der Waals surface area contributed by atoms with Crippen LogP contribution < -0.4 is 15.0 Å². The number of rotatable bonds is 6. The predicted molar refractivity (Wildman–Crippen MR) is 137 cm³/mol. The molecule has 3 aromatic rings. The van der Waals surface area contributed by atoms with E-state index in [1.807, 2.05) is 0 Å². The van der Waals surface area contributed by atoms with E-state index in [2.05, 4.69) is 27.9 Å². The molecular formula is C26H19IN2O6. The molecule has 0 aromatic heterocycles. The monoisotopic (exact) mass is 582 g/mol. The zero-order valence-corrected chi connectivity index (χ0v) is 20.6. The van der Waals surface area contributed by atoms with E-state index in [0.29, 0.717) is 17.0 Å². The first-order chi connectivity index (χ1) is 16.7. The van der Waals surface area contributed by atoms with Crippen LogP contribution in [0.4, 0.5) is 10.5 Å². The highest BCUT2D eigenvalue weighted by Crippen LogP contribution is 2.27. The van der Waals surface area contributed by atoms with E-state index in [0.717, 1.165) is 19.6 Å². The molecule has 1 fully saturated rings. The summed E-state index contributed by atoms with van der Waals surface area (Å²) in [5.74, 6) is -1.86. The third-order valence-corrected chi connectivity index (χ3v) is 6.16. The molecule has 0 spiro atoms. The average Bonchev–Trinajstić information content (AvgIpc) is 2.82. The Labute approximate surface area is 214 Å². The molecule has 0 atom stereocenters. The van der Waals surface area contributed by atoms with E-state index in [9.17, 15) is 19.2 Å². The molecule has 4 amide bonds. The molecule has 1 saturated heterocycles. The number of nitrogens with one attached hydrogen (secondary N) is 1. The van der Waals surface area contributed by atoms with Gasteiger partial charge in [-0.05, 0) is 82.6 Å². The van der Waals surface area contributed by atoms with Gasteiger partial charge in [0.05, 0.1) is 14.8 Å². The van der Waals surface area contributed by atoms with Crippen molar-refractivity contribution in [1.82, 2.24) is 5.32 Å². The normalized spacial score (nSPS) is 14.7. The molecule has 4 rings (SSSR count). The lowest BCUT2D eigenvalue weighted by Crippen LogP contribution is -2.54. The highest BCUT2D eigenvalue weighted by atomic mass is 127. The van der Waals surface area contributed by atoms with Crippen LogP contribution in [0.15, 0.2) is 72.3 Å². The number of barbiturate groups is 1. The number of nitrogens with zero attached hydrogens (tertiary/aromatic N) is 1. The number of aryl methyl sites for hydroxylation is 1. The van der Waals surface area contributed by atoms with Gasteiger partial charge in [-0.1, -0.05) is 36.4 Å². The van der Waals surface area contributed by atoms with Gasteiger partial charge in [-0.3, -0.25) is 14.9 Å². The van der Waals surface area contributed by atoms with Gasteiger partial charge in [0, 0.05) is 0 Å². The van der Waals surface area contributed by atoms with E-state index >= 15 is 0 Å². The van der Waals surface area contributed by atoms with Crippen LogP contribution in [-0.4, -0.2) is 28.9 Å². The van der Waals surface area contributed by atoms with Crippen LogP contribution in [-0.2, 0) is 16.2 Å². The van der Waals surface area contributed by atoms with Gasteiger partial charge in [0.2, 0.25) is 0 Å². The third kappa shape index (κ3) is 5.24. The highest BCUT2D eigenvalue weighted by molar-refractivity contribution is 14.1. The van der Waals surface area contributed by atoms with Crippen molar-refractivity contribution >= 4 is 58.2 Å². The lowest BCUT2D eigenvalue weighted by Gasteiger charge is -2.27. The number of benzene rings is 3. The fourth-order valence-corrected chi connectivity index (χ4v) is 4.18. The van der Waals surface area contributed by atoms with Gasteiger partial charge in [0.1, 0.15) is 17.9 Å². The number of ether oxygens (including phenoxy) is 1. The number of amides is 4. The number of anilines is 1. The van der Waals surface area contributed by atoms with Gasteiger partial charge in [-0.2, -0.15) is 0 Å². The summed E-state index contributed by atoms with van der Waals surface area (Å²) in [6.45, 7) is 2.02. The summed E-state index contributed by atoms with van der Waals surface area (Å²) < 4.78 is 6.58. The second-order valence-corrected chi connectivity index (χ2v) is 8.89. The number of aromatic carboxylic acids is 1. The van der Waals surface area contributed by atoms with Crippen LogP contribution in [0, 0.1) is 10.5 Å². The first-order valence-electron chi connectivity index (χ1n) is 10.5. The Morgan fingerprint density at radius 2 is 1.77 bits per heavy atom. The van der Waals surface area contributed by atoms with Crippen molar-refractivity contribution in [2.75, 3.05) is 4.90 Å². The van der Waals surface area contributed by atoms with Crippen LogP contribution >= 0.6 is 22.6 Å². The minimum Gasteiger partial charge on any atom is -0.488 e. The number of halogens is 1. The van der Waals surface area contributed by atoms with Crippen LogP contribution in [0.2, 0.25) is 0 Å². The summed E-state index contributed by atoms with van der Waals surface area (Å²) in [4.78, 5) is 49.9. The predicted octanol–water partition coefficient (Wildman–Crippen LogP) is 4.54. The van der Waals surface area contributed by atoms with Crippen LogP contribution in [0.3, 0.4) is 0 Å². The summed E-state index contributed by atoms with van der Waals surface area (Å²) in [7, 11) is 0. The zero-order chi connectivity index (χ0) is 25.1. The third-order valence-electron chi connectivity index (χ3n) is 5.32. The van der Waals surface area contributed by atoms with Crippen LogP contribution in [0.5, 0.6) is 5.75 Å². The number of hydrogen-bond acceptors (Lipinski definition) is 5. The molecule has 0 radical (unpaired) electrons. The standard InChI is InChI=1S/C26H19IN2O6/c1-15-4-2-3-5-21(15)29-24(31)19(23(30)28-26(29)34)12-17-8-11-22(20(27)13-17)35-14-16-6-9-18(10-7-16)25(32)33/h2-13H,14H2,1H3,(H,32,33)(H,28,30,34)/b19-12+.